The summed E-state index contributed by atoms with van der Waals surface area (Å²) in [5.41, 5.74) is 1.80. The van der Waals surface area contributed by atoms with Crippen molar-refractivity contribution in [2.24, 2.45) is 5.92 Å². The van der Waals surface area contributed by atoms with Crippen molar-refractivity contribution in [2.75, 3.05) is 11.9 Å². The number of hydrogen-bond acceptors (Lipinski definition) is 3. The molecule has 1 aromatic rings. The number of rotatable bonds is 4. The molecule has 5 heteroatoms. The van der Waals surface area contributed by atoms with E-state index in [0.717, 1.165) is 30.5 Å². The van der Waals surface area contributed by atoms with Crippen molar-refractivity contribution in [2.45, 2.75) is 51.1 Å². The highest BCUT2D eigenvalue weighted by atomic mass is 16.4. The minimum absolute atomic E-state index is 0.128. The van der Waals surface area contributed by atoms with Crippen molar-refractivity contribution < 1.29 is 14.7 Å². The second-order valence-corrected chi connectivity index (χ2v) is 6.74. The first-order valence-electron chi connectivity index (χ1n) is 8.40. The van der Waals surface area contributed by atoms with E-state index in [0.29, 0.717) is 12.3 Å². The van der Waals surface area contributed by atoms with Crippen molar-refractivity contribution >= 4 is 17.6 Å². The van der Waals surface area contributed by atoms with E-state index in [1.165, 1.54) is 6.42 Å². The molecule has 5 nitrogen and oxygen atoms in total. The van der Waals surface area contributed by atoms with Gasteiger partial charge in [-0.2, -0.15) is 0 Å². The lowest BCUT2D eigenvalue weighted by Gasteiger charge is -2.32. The van der Waals surface area contributed by atoms with Crippen molar-refractivity contribution in [3.8, 4) is 0 Å². The van der Waals surface area contributed by atoms with Crippen LogP contribution >= 0.6 is 0 Å². The van der Waals surface area contributed by atoms with Gasteiger partial charge in [0, 0.05) is 11.7 Å². The number of carbonyl (C=O) groups excluding carboxylic acids is 1. The molecule has 1 aliphatic heterocycles. The maximum absolute atomic E-state index is 12.4. The molecule has 3 unspecified atom stereocenters. The van der Waals surface area contributed by atoms with Gasteiger partial charge in [-0.05, 0) is 43.7 Å². The van der Waals surface area contributed by atoms with Gasteiger partial charge in [0.15, 0.2) is 0 Å². The van der Waals surface area contributed by atoms with Crippen LogP contribution < -0.4 is 5.32 Å². The molecule has 2 N–H and O–H groups in total. The van der Waals surface area contributed by atoms with E-state index < -0.39 is 12.0 Å². The first-order valence-corrected chi connectivity index (χ1v) is 8.40. The molecule has 23 heavy (non-hydrogen) atoms. The normalized spacial score (nSPS) is 27.4. The molecule has 3 rings (SSSR count). The van der Waals surface area contributed by atoms with Gasteiger partial charge in [-0.3, -0.25) is 14.5 Å². The predicted octanol–water partition coefficient (Wildman–Crippen LogP) is 2.65. The minimum Gasteiger partial charge on any atom is -0.480 e. The number of nitrogens with zero attached hydrogens (tertiary/aromatic N) is 1. The Morgan fingerprint density at radius 1 is 1.26 bits per heavy atom. The highest BCUT2D eigenvalue weighted by molar-refractivity contribution is 5.93. The molecule has 1 aliphatic carbocycles. The fourth-order valence-corrected chi connectivity index (χ4v) is 4.09. The van der Waals surface area contributed by atoms with E-state index in [2.05, 4.69) is 5.32 Å². The summed E-state index contributed by atoms with van der Waals surface area (Å²) in [6, 6.07) is 7.35. The van der Waals surface area contributed by atoms with Gasteiger partial charge in [0.1, 0.15) is 6.04 Å². The fraction of sp³-hybridized carbons (Fsp3) is 0.556. The lowest BCUT2D eigenvalue weighted by atomic mass is 9.85. The van der Waals surface area contributed by atoms with E-state index in [1.807, 2.05) is 36.1 Å². The zero-order valence-electron chi connectivity index (χ0n) is 13.5. The number of carbonyl (C=O) groups is 2. The standard InChI is InChI=1S/C18H24N2O3/c1-12-6-2-4-8-14(12)19-17(21)11-20-15-9-5-3-7-13(15)10-16(20)18(22)23/h2,4,6,8,13,15-16H,3,5,7,9-11H2,1H3,(H,19,21)(H,22,23). The fourth-order valence-electron chi connectivity index (χ4n) is 4.09. The van der Waals surface area contributed by atoms with Gasteiger partial charge >= 0.3 is 5.97 Å². The van der Waals surface area contributed by atoms with Crippen LogP contribution in [0, 0.1) is 12.8 Å². The van der Waals surface area contributed by atoms with Gasteiger partial charge in [-0.1, -0.05) is 31.0 Å². The Balaban J connectivity index is 1.70. The minimum atomic E-state index is -0.803. The van der Waals surface area contributed by atoms with Gasteiger partial charge in [0.05, 0.1) is 6.54 Å². The Morgan fingerprint density at radius 2 is 2.00 bits per heavy atom. The number of hydrogen-bond donors (Lipinski definition) is 2. The lowest BCUT2D eigenvalue weighted by molar-refractivity contribution is -0.143. The van der Waals surface area contributed by atoms with Crippen LogP contribution in [0.3, 0.4) is 0 Å². The Bertz CT molecular complexity index is 602. The number of para-hydroxylation sites is 1. The summed E-state index contributed by atoms with van der Waals surface area (Å²) >= 11 is 0. The molecule has 1 heterocycles. The van der Waals surface area contributed by atoms with Gasteiger partial charge in [-0.15, -0.1) is 0 Å². The van der Waals surface area contributed by atoms with Crippen LogP contribution in [-0.4, -0.2) is 40.5 Å². The number of likely N-dealkylation sites (tertiary alicyclic amines) is 1. The Labute approximate surface area is 136 Å². The molecule has 3 atom stereocenters. The average molecular weight is 316 g/mol. The van der Waals surface area contributed by atoms with Crippen LogP contribution in [0.15, 0.2) is 24.3 Å². The van der Waals surface area contributed by atoms with E-state index in [9.17, 15) is 14.7 Å². The number of carboxylic acid groups (broad SMARTS) is 1. The van der Waals surface area contributed by atoms with E-state index in [1.54, 1.807) is 0 Å². The molecular formula is C18H24N2O3. The van der Waals surface area contributed by atoms with Crippen molar-refractivity contribution in [1.29, 1.82) is 0 Å². The molecule has 1 saturated carbocycles. The van der Waals surface area contributed by atoms with Gasteiger partial charge in [-0.25, -0.2) is 0 Å². The van der Waals surface area contributed by atoms with E-state index in [-0.39, 0.29) is 18.5 Å². The molecule has 1 aromatic carbocycles. The molecule has 0 spiro atoms. The third-order valence-electron chi connectivity index (χ3n) is 5.25. The largest absolute Gasteiger partial charge is 0.480 e. The summed E-state index contributed by atoms with van der Waals surface area (Å²) in [7, 11) is 0. The molecule has 0 bridgehead atoms. The Kier molecular flexibility index (Phi) is 4.66. The third-order valence-corrected chi connectivity index (χ3v) is 5.25. The quantitative estimate of drug-likeness (QED) is 0.896. The van der Waals surface area contributed by atoms with Gasteiger partial charge in [0.25, 0.3) is 0 Å². The Hall–Kier alpha value is -1.88. The number of aryl methyl sites for hydroxylation is 1. The first-order chi connectivity index (χ1) is 11.1. The maximum atomic E-state index is 12.4. The number of aliphatic carboxylic acids is 1. The number of fused-ring (bicyclic) bond motifs is 1. The van der Waals surface area contributed by atoms with Crippen molar-refractivity contribution in [3.05, 3.63) is 29.8 Å². The number of carboxylic acids is 1. The molecule has 1 saturated heterocycles. The van der Waals surface area contributed by atoms with Crippen LogP contribution in [-0.2, 0) is 9.59 Å². The molecule has 2 aliphatic rings. The zero-order valence-corrected chi connectivity index (χ0v) is 13.5. The number of benzene rings is 1. The summed E-state index contributed by atoms with van der Waals surface area (Å²) in [6.45, 7) is 2.11. The Morgan fingerprint density at radius 3 is 2.74 bits per heavy atom. The number of anilines is 1. The molecule has 2 fully saturated rings. The van der Waals surface area contributed by atoms with Crippen LogP contribution in [0.5, 0.6) is 0 Å². The average Bonchev–Trinajstić information content (AvgIpc) is 2.89. The molecule has 124 valence electrons. The molecule has 0 radical (unpaired) electrons. The first kappa shape index (κ1) is 16.0. The van der Waals surface area contributed by atoms with E-state index >= 15 is 0 Å². The predicted molar refractivity (Wildman–Crippen MR) is 88.3 cm³/mol. The van der Waals surface area contributed by atoms with Crippen molar-refractivity contribution in [1.82, 2.24) is 4.90 Å². The third kappa shape index (κ3) is 3.39. The topological polar surface area (TPSA) is 69.6 Å². The summed E-state index contributed by atoms with van der Waals surface area (Å²) in [5.74, 6) is -0.504. The highest BCUT2D eigenvalue weighted by Gasteiger charge is 2.45. The molecule has 1 amide bonds. The van der Waals surface area contributed by atoms with Crippen LogP contribution in [0.1, 0.15) is 37.7 Å². The van der Waals surface area contributed by atoms with Crippen LogP contribution in [0.4, 0.5) is 5.69 Å². The highest BCUT2D eigenvalue weighted by Crippen LogP contribution is 2.39. The summed E-state index contributed by atoms with van der Waals surface area (Å²) in [4.78, 5) is 25.9. The SMILES string of the molecule is Cc1ccccc1NC(=O)CN1C(C(=O)O)CC2CCCCC21. The lowest BCUT2D eigenvalue weighted by Crippen LogP contribution is -2.46. The van der Waals surface area contributed by atoms with Gasteiger partial charge < -0.3 is 10.4 Å². The summed E-state index contributed by atoms with van der Waals surface area (Å²) in [6.07, 6.45) is 5.08. The van der Waals surface area contributed by atoms with Crippen LogP contribution in [0.25, 0.3) is 0 Å². The van der Waals surface area contributed by atoms with Crippen LogP contribution in [0.2, 0.25) is 0 Å². The monoisotopic (exact) mass is 316 g/mol. The zero-order chi connectivity index (χ0) is 16.4. The summed E-state index contributed by atoms with van der Waals surface area (Å²) < 4.78 is 0. The molecule has 0 aromatic heterocycles. The maximum Gasteiger partial charge on any atom is 0.320 e. The number of amides is 1. The van der Waals surface area contributed by atoms with E-state index in [4.69, 9.17) is 0 Å². The second kappa shape index (κ2) is 6.71. The van der Waals surface area contributed by atoms with Gasteiger partial charge in [0.2, 0.25) is 5.91 Å². The summed E-state index contributed by atoms with van der Waals surface area (Å²) in [5, 5.41) is 12.4. The molecular weight excluding hydrogens is 292 g/mol. The smallest absolute Gasteiger partial charge is 0.320 e. The van der Waals surface area contributed by atoms with Crippen molar-refractivity contribution in [3.63, 3.8) is 0 Å². The number of nitrogens with one attached hydrogen (secondary N) is 1. The second-order valence-electron chi connectivity index (χ2n) is 6.74.